The Morgan fingerprint density at radius 1 is 0.851 bits per heavy atom. The topological polar surface area (TPSA) is 93.8 Å². The molecule has 242 valence electrons. The molecule has 4 atom stereocenters. The molecule has 0 radical (unpaired) electrons. The van der Waals surface area contributed by atoms with Crippen molar-refractivity contribution < 1.29 is 23.8 Å². The summed E-state index contributed by atoms with van der Waals surface area (Å²) in [5.74, 6) is 0.461. The highest BCUT2D eigenvalue weighted by Gasteiger charge is 2.39. The molecular formula is C36H31Cl3N2O5S. The number of oxazole rings is 1. The van der Waals surface area contributed by atoms with Crippen LogP contribution in [0.3, 0.4) is 0 Å². The number of carbonyl (C=O) groups is 1. The molecule has 0 bridgehead atoms. The summed E-state index contributed by atoms with van der Waals surface area (Å²) >= 11 is 18.6. The third-order valence-electron chi connectivity index (χ3n) is 7.88. The lowest BCUT2D eigenvalue weighted by Gasteiger charge is -2.41. The molecule has 1 saturated heterocycles. The van der Waals surface area contributed by atoms with E-state index in [1.54, 1.807) is 24.3 Å². The van der Waals surface area contributed by atoms with E-state index in [0.29, 0.717) is 22.4 Å². The number of benzene rings is 4. The van der Waals surface area contributed by atoms with Gasteiger partial charge in [0.05, 0.1) is 18.8 Å². The highest BCUT2D eigenvalue weighted by atomic mass is 35.6. The number of hydrogen-bond donors (Lipinski definition) is 2. The van der Waals surface area contributed by atoms with Gasteiger partial charge in [0.1, 0.15) is 5.69 Å². The molecule has 6 rings (SSSR count). The lowest BCUT2D eigenvalue weighted by atomic mass is 9.91. The van der Waals surface area contributed by atoms with Crippen molar-refractivity contribution in [2.75, 3.05) is 11.1 Å². The number of nitrogens with zero attached hydrogens (tertiary/aromatic N) is 1. The standard InChI is InChI=1S/C36H31Cl3N2O5S/c1-22-29(21-47-35-41-30(24-8-4-2-5-9-24)32(46-35)25-10-6-3-7-11-25)44-33(45-31(22)26-14-12-23(20-42)13-15-26)27-16-18-28(19-17-27)40-34(43)36(37,38)39/h2-19,22,29,31,33,42H,20-21H2,1H3,(H,40,43). The quantitative estimate of drug-likeness (QED) is 0.116. The third-order valence-corrected chi connectivity index (χ3v) is 9.32. The van der Waals surface area contributed by atoms with Crippen LogP contribution in [0, 0.1) is 5.92 Å². The highest BCUT2D eigenvalue weighted by Crippen LogP contribution is 2.44. The Balaban J connectivity index is 1.26. The SMILES string of the molecule is CC1C(CSc2nc(-c3ccccc3)c(-c3ccccc3)o2)OC(c2ccc(NC(=O)C(Cl)(Cl)Cl)cc2)OC1c1ccc(CO)cc1. The lowest BCUT2D eigenvalue weighted by molar-refractivity contribution is -0.268. The smallest absolute Gasteiger partial charge is 0.276 e. The van der Waals surface area contributed by atoms with Crippen LogP contribution in [0.4, 0.5) is 5.69 Å². The summed E-state index contributed by atoms with van der Waals surface area (Å²) in [4.78, 5) is 17.0. The predicted molar refractivity (Wildman–Crippen MR) is 186 cm³/mol. The molecule has 1 aliphatic heterocycles. The minimum Gasteiger partial charge on any atom is -0.431 e. The molecule has 7 nitrogen and oxygen atoms in total. The molecule has 0 saturated carbocycles. The maximum atomic E-state index is 12.1. The fourth-order valence-electron chi connectivity index (χ4n) is 5.33. The number of halogens is 3. The van der Waals surface area contributed by atoms with Gasteiger partial charge in [-0.15, -0.1) is 0 Å². The number of carbonyl (C=O) groups excluding carboxylic acids is 1. The molecule has 5 aromatic rings. The number of hydrogen-bond acceptors (Lipinski definition) is 7. The van der Waals surface area contributed by atoms with Crippen molar-refractivity contribution in [3.63, 3.8) is 0 Å². The number of aliphatic hydroxyl groups excluding tert-OH is 1. The third kappa shape index (κ3) is 8.04. The zero-order valence-corrected chi connectivity index (χ0v) is 28.3. The van der Waals surface area contributed by atoms with E-state index in [0.717, 1.165) is 33.5 Å². The first kappa shape index (κ1) is 33.6. The summed E-state index contributed by atoms with van der Waals surface area (Å²) in [5, 5.41) is 12.7. The number of anilines is 1. The molecule has 1 amide bonds. The summed E-state index contributed by atoms with van der Waals surface area (Å²) < 4.78 is 17.4. The van der Waals surface area contributed by atoms with Crippen molar-refractivity contribution in [3.8, 4) is 22.6 Å². The summed E-state index contributed by atoms with van der Waals surface area (Å²) in [5.41, 5.74) is 5.70. The molecule has 4 unspecified atom stereocenters. The minimum absolute atomic E-state index is 0.0421. The largest absolute Gasteiger partial charge is 0.431 e. The van der Waals surface area contributed by atoms with Gasteiger partial charge in [-0.1, -0.05) is 151 Å². The number of aromatic nitrogens is 1. The normalized spacial score (nSPS) is 19.8. The van der Waals surface area contributed by atoms with Crippen LogP contribution in [0.1, 0.15) is 36.0 Å². The van der Waals surface area contributed by atoms with E-state index >= 15 is 0 Å². The molecule has 11 heteroatoms. The van der Waals surface area contributed by atoms with Crippen molar-refractivity contribution >= 4 is 58.2 Å². The van der Waals surface area contributed by atoms with Crippen LogP contribution in [0.2, 0.25) is 0 Å². The van der Waals surface area contributed by atoms with Crippen molar-refractivity contribution in [2.45, 2.75) is 41.0 Å². The van der Waals surface area contributed by atoms with Crippen LogP contribution >= 0.6 is 46.6 Å². The summed E-state index contributed by atoms with van der Waals surface area (Å²) in [7, 11) is 0. The number of thioether (sulfide) groups is 1. The molecule has 0 aliphatic carbocycles. The molecule has 47 heavy (non-hydrogen) atoms. The molecule has 1 fully saturated rings. The molecule has 1 aromatic heterocycles. The first-order valence-corrected chi connectivity index (χ1v) is 17.0. The van der Waals surface area contributed by atoms with E-state index in [9.17, 15) is 9.90 Å². The van der Waals surface area contributed by atoms with Gasteiger partial charge in [-0.2, -0.15) is 0 Å². The van der Waals surface area contributed by atoms with Crippen molar-refractivity contribution in [2.24, 2.45) is 5.92 Å². The molecule has 2 heterocycles. The fraction of sp³-hybridized carbons (Fsp3) is 0.222. The molecule has 0 spiro atoms. The van der Waals surface area contributed by atoms with Gasteiger partial charge in [-0.25, -0.2) is 4.98 Å². The van der Waals surface area contributed by atoms with Gasteiger partial charge in [0.15, 0.2) is 12.1 Å². The van der Waals surface area contributed by atoms with Crippen LogP contribution in [0.25, 0.3) is 22.6 Å². The Bertz CT molecular complexity index is 1730. The van der Waals surface area contributed by atoms with Gasteiger partial charge in [-0.05, 0) is 23.3 Å². The second-order valence-corrected chi connectivity index (χ2v) is 14.3. The van der Waals surface area contributed by atoms with Crippen LogP contribution in [-0.4, -0.2) is 31.6 Å². The second-order valence-electron chi connectivity index (χ2n) is 11.1. The first-order chi connectivity index (χ1) is 22.7. The van der Waals surface area contributed by atoms with Gasteiger partial charge >= 0.3 is 0 Å². The van der Waals surface area contributed by atoms with Crippen LogP contribution in [0.5, 0.6) is 0 Å². The Hall–Kier alpha value is -3.34. The zero-order valence-electron chi connectivity index (χ0n) is 25.2. The van der Waals surface area contributed by atoms with Crippen LogP contribution < -0.4 is 5.32 Å². The highest BCUT2D eigenvalue weighted by molar-refractivity contribution is 7.99. The first-order valence-electron chi connectivity index (χ1n) is 14.9. The Labute approximate surface area is 292 Å². The van der Waals surface area contributed by atoms with Crippen molar-refractivity contribution in [3.05, 3.63) is 126 Å². The fourth-order valence-corrected chi connectivity index (χ4v) is 6.46. The van der Waals surface area contributed by atoms with Gasteiger partial charge < -0.3 is 24.3 Å². The molecule has 2 N–H and O–H groups in total. The van der Waals surface area contributed by atoms with E-state index in [1.807, 2.05) is 84.9 Å². The van der Waals surface area contributed by atoms with Crippen molar-refractivity contribution in [1.29, 1.82) is 0 Å². The number of amides is 1. The second kappa shape index (κ2) is 14.8. The monoisotopic (exact) mass is 708 g/mol. The summed E-state index contributed by atoms with van der Waals surface area (Å²) in [6, 6.07) is 34.7. The Morgan fingerprint density at radius 2 is 1.47 bits per heavy atom. The average molecular weight is 710 g/mol. The average Bonchev–Trinajstić information content (AvgIpc) is 3.53. The summed E-state index contributed by atoms with van der Waals surface area (Å²) in [6.45, 7) is 2.06. The predicted octanol–water partition coefficient (Wildman–Crippen LogP) is 9.39. The maximum absolute atomic E-state index is 12.1. The molecule has 4 aromatic carbocycles. The minimum atomic E-state index is -2.08. The maximum Gasteiger partial charge on any atom is 0.276 e. The Kier molecular flexibility index (Phi) is 10.6. The summed E-state index contributed by atoms with van der Waals surface area (Å²) in [6.07, 6.45) is -1.26. The molecular weight excluding hydrogens is 679 g/mol. The van der Waals surface area contributed by atoms with E-state index in [4.69, 9.17) is 53.7 Å². The number of alkyl halides is 3. The lowest BCUT2D eigenvalue weighted by Crippen LogP contribution is -2.38. The van der Waals surface area contributed by atoms with Gasteiger partial charge in [-0.3, -0.25) is 4.79 Å². The number of aliphatic hydroxyl groups is 1. The Morgan fingerprint density at radius 3 is 2.09 bits per heavy atom. The number of rotatable bonds is 9. The van der Waals surface area contributed by atoms with Crippen LogP contribution in [-0.2, 0) is 20.9 Å². The van der Waals surface area contributed by atoms with E-state index in [-0.39, 0.29) is 24.7 Å². The zero-order chi connectivity index (χ0) is 33.0. The van der Waals surface area contributed by atoms with Crippen molar-refractivity contribution in [1.82, 2.24) is 4.98 Å². The number of nitrogens with one attached hydrogen (secondary N) is 1. The van der Waals surface area contributed by atoms with Gasteiger partial charge in [0.2, 0.25) is 0 Å². The number of ether oxygens (including phenoxy) is 2. The van der Waals surface area contributed by atoms with Gasteiger partial charge in [0, 0.05) is 34.0 Å². The van der Waals surface area contributed by atoms with E-state index < -0.39 is 16.0 Å². The van der Waals surface area contributed by atoms with Crippen LogP contribution in [0.15, 0.2) is 119 Å². The molecule has 1 aliphatic rings. The van der Waals surface area contributed by atoms with E-state index in [2.05, 4.69) is 12.2 Å². The van der Waals surface area contributed by atoms with Gasteiger partial charge in [0.25, 0.3) is 14.9 Å². The van der Waals surface area contributed by atoms with E-state index in [1.165, 1.54) is 11.8 Å².